The largest absolute Gasteiger partial charge is 0.480 e. The predicted molar refractivity (Wildman–Crippen MR) is 60.3 cm³/mol. The first kappa shape index (κ1) is 10.8. The number of carboxylic acid groups (broad SMARTS) is 1. The van der Waals surface area contributed by atoms with Crippen LogP contribution in [0.1, 0.15) is 18.5 Å². The number of aromatic nitrogens is 1. The average molecular weight is 244 g/mol. The van der Waals surface area contributed by atoms with Gasteiger partial charge in [-0.1, -0.05) is 11.6 Å². The molecule has 0 bridgehead atoms. The first-order valence-corrected chi connectivity index (χ1v) is 6.01. The number of pyridine rings is 1. The average Bonchev–Trinajstić information content (AvgIpc) is 2.69. The summed E-state index contributed by atoms with van der Waals surface area (Å²) in [5.74, 6) is 0.0659. The molecule has 2 heterocycles. The summed E-state index contributed by atoms with van der Waals surface area (Å²) < 4.78 is -0.857. The van der Waals surface area contributed by atoms with Gasteiger partial charge in [-0.2, -0.15) is 0 Å². The molecule has 1 aliphatic heterocycles. The molecule has 15 heavy (non-hydrogen) atoms. The van der Waals surface area contributed by atoms with Gasteiger partial charge in [0, 0.05) is 6.20 Å². The van der Waals surface area contributed by atoms with Crippen LogP contribution in [-0.4, -0.2) is 21.8 Å². The minimum Gasteiger partial charge on any atom is -0.480 e. The van der Waals surface area contributed by atoms with Crippen LogP contribution < -0.4 is 0 Å². The van der Waals surface area contributed by atoms with Crippen LogP contribution in [0.5, 0.6) is 0 Å². The van der Waals surface area contributed by atoms with Crippen molar-refractivity contribution >= 4 is 29.3 Å². The Bertz CT molecular complexity index is 374. The molecule has 0 saturated carbocycles. The van der Waals surface area contributed by atoms with E-state index in [4.69, 9.17) is 11.6 Å². The van der Waals surface area contributed by atoms with E-state index in [2.05, 4.69) is 4.98 Å². The second-order valence-corrected chi connectivity index (χ2v) is 5.28. The highest BCUT2D eigenvalue weighted by Crippen LogP contribution is 2.46. The van der Waals surface area contributed by atoms with E-state index in [0.29, 0.717) is 17.1 Å². The van der Waals surface area contributed by atoms with E-state index < -0.39 is 10.7 Å². The molecule has 3 nitrogen and oxygen atoms in total. The second-order valence-electron chi connectivity index (χ2n) is 3.45. The van der Waals surface area contributed by atoms with E-state index in [1.54, 1.807) is 12.1 Å². The number of rotatable bonds is 2. The third-order valence-electron chi connectivity index (χ3n) is 2.51. The van der Waals surface area contributed by atoms with Crippen molar-refractivity contribution in [3.05, 3.63) is 29.0 Å². The van der Waals surface area contributed by atoms with Crippen molar-refractivity contribution in [1.82, 2.24) is 4.98 Å². The molecule has 0 radical (unpaired) electrons. The molecule has 1 atom stereocenters. The number of halogens is 1. The molecule has 1 aromatic heterocycles. The third-order valence-corrected chi connectivity index (χ3v) is 4.31. The number of hydrogen-bond donors (Lipinski definition) is 1. The van der Waals surface area contributed by atoms with Crippen molar-refractivity contribution in [1.29, 1.82) is 0 Å². The highest BCUT2D eigenvalue weighted by molar-refractivity contribution is 8.01. The maximum atomic E-state index is 11.3. The Morgan fingerprint density at radius 1 is 1.60 bits per heavy atom. The summed E-state index contributed by atoms with van der Waals surface area (Å²) in [7, 11) is 0. The zero-order chi connectivity index (χ0) is 10.9. The molecular formula is C10H10ClNO2S. The van der Waals surface area contributed by atoms with Crippen molar-refractivity contribution in [2.24, 2.45) is 0 Å². The van der Waals surface area contributed by atoms with Crippen LogP contribution in [0.2, 0.25) is 5.02 Å². The van der Waals surface area contributed by atoms with Gasteiger partial charge in [0.2, 0.25) is 0 Å². The van der Waals surface area contributed by atoms with Crippen LogP contribution in [-0.2, 0) is 9.54 Å². The van der Waals surface area contributed by atoms with Gasteiger partial charge < -0.3 is 5.11 Å². The Morgan fingerprint density at radius 2 is 2.40 bits per heavy atom. The van der Waals surface area contributed by atoms with E-state index >= 15 is 0 Å². The van der Waals surface area contributed by atoms with Gasteiger partial charge in [0.1, 0.15) is 0 Å². The van der Waals surface area contributed by atoms with E-state index in [1.807, 2.05) is 0 Å². The molecule has 1 aliphatic rings. The molecular weight excluding hydrogens is 234 g/mol. The fraction of sp³-hybridized carbons (Fsp3) is 0.400. The van der Waals surface area contributed by atoms with Crippen LogP contribution in [0.4, 0.5) is 0 Å². The fourth-order valence-corrected chi connectivity index (χ4v) is 3.16. The SMILES string of the molecule is O=C(O)C1(c2ccc(Cl)cn2)CCCS1. The summed E-state index contributed by atoms with van der Waals surface area (Å²) in [4.78, 5) is 15.4. The van der Waals surface area contributed by atoms with Gasteiger partial charge in [0.25, 0.3) is 0 Å². The summed E-state index contributed by atoms with van der Waals surface area (Å²) >= 11 is 7.18. The molecule has 0 amide bonds. The number of carboxylic acids is 1. The summed E-state index contributed by atoms with van der Waals surface area (Å²) in [6.07, 6.45) is 3.06. The molecule has 1 fully saturated rings. The molecule has 2 rings (SSSR count). The lowest BCUT2D eigenvalue weighted by Crippen LogP contribution is -2.30. The Kier molecular flexibility index (Phi) is 2.89. The quantitative estimate of drug-likeness (QED) is 0.867. The van der Waals surface area contributed by atoms with Gasteiger partial charge in [-0.05, 0) is 30.7 Å². The lowest BCUT2D eigenvalue weighted by molar-refractivity contribution is -0.140. The molecule has 0 spiro atoms. The van der Waals surface area contributed by atoms with E-state index in [-0.39, 0.29) is 0 Å². The van der Waals surface area contributed by atoms with E-state index in [0.717, 1.165) is 12.2 Å². The normalized spacial score (nSPS) is 25.4. The van der Waals surface area contributed by atoms with Crippen LogP contribution in [0, 0.1) is 0 Å². The Labute approximate surface area is 96.9 Å². The molecule has 1 saturated heterocycles. The molecule has 1 unspecified atom stereocenters. The molecule has 0 aromatic carbocycles. The number of hydrogen-bond acceptors (Lipinski definition) is 3. The van der Waals surface area contributed by atoms with Gasteiger partial charge in [-0.3, -0.25) is 9.78 Å². The standard InChI is InChI=1S/C10H10ClNO2S/c11-7-2-3-8(12-6-7)10(9(13)14)4-1-5-15-10/h2-3,6H,1,4-5H2,(H,13,14). The minimum absolute atomic E-state index is 0.530. The molecule has 5 heteroatoms. The van der Waals surface area contributed by atoms with E-state index in [1.165, 1.54) is 18.0 Å². The monoisotopic (exact) mass is 243 g/mol. The molecule has 1 aromatic rings. The maximum absolute atomic E-state index is 11.3. The fourth-order valence-electron chi connectivity index (χ4n) is 1.73. The van der Waals surface area contributed by atoms with Crippen LogP contribution in [0.3, 0.4) is 0 Å². The smallest absolute Gasteiger partial charge is 0.325 e. The summed E-state index contributed by atoms with van der Waals surface area (Å²) in [5, 5.41) is 9.82. The van der Waals surface area contributed by atoms with Gasteiger partial charge in [-0.15, -0.1) is 11.8 Å². The zero-order valence-electron chi connectivity index (χ0n) is 7.94. The third kappa shape index (κ3) is 1.84. The van der Waals surface area contributed by atoms with Gasteiger partial charge in [-0.25, -0.2) is 0 Å². The topological polar surface area (TPSA) is 50.2 Å². The highest BCUT2D eigenvalue weighted by Gasteiger charge is 2.45. The van der Waals surface area contributed by atoms with Crippen LogP contribution >= 0.6 is 23.4 Å². The lowest BCUT2D eigenvalue weighted by Gasteiger charge is -2.21. The van der Waals surface area contributed by atoms with E-state index in [9.17, 15) is 9.90 Å². The van der Waals surface area contributed by atoms with Gasteiger partial charge in [0.05, 0.1) is 10.7 Å². The number of carbonyl (C=O) groups is 1. The Balaban J connectivity index is 2.41. The second kappa shape index (κ2) is 4.02. The van der Waals surface area contributed by atoms with Gasteiger partial charge >= 0.3 is 5.97 Å². The molecule has 0 aliphatic carbocycles. The van der Waals surface area contributed by atoms with Crippen molar-refractivity contribution in [2.75, 3.05) is 5.75 Å². The highest BCUT2D eigenvalue weighted by atomic mass is 35.5. The summed E-state index contributed by atoms with van der Waals surface area (Å²) in [6.45, 7) is 0. The number of thioether (sulfide) groups is 1. The van der Waals surface area contributed by atoms with Crippen molar-refractivity contribution in [3.63, 3.8) is 0 Å². The maximum Gasteiger partial charge on any atom is 0.325 e. The first-order valence-electron chi connectivity index (χ1n) is 4.64. The summed E-state index contributed by atoms with van der Waals surface area (Å²) in [5.41, 5.74) is 0.599. The predicted octanol–water partition coefficient (Wildman–Crippen LogP) is 2.54. The van der Waals surface area contributed by atoms with Crippen LogP contribution in [0.25, 0.3) is 0 Å². The van der Waals surface area contributed by atoms with Crippen molar-refractivity contribution in [3.8, 4) is 0 Å². The van der Waals surface area contributed by atoms with Crippen LogP contribution in [0.15, 0.2) is 18.3 Å². The molecule has 1 N–H and O–H groups in total. The lowest BCUT2D eigenvalue weighted by atomic mass is 9.99. The number of aliphatic carboxylic acids is 1. The first-order chi connectivity index (χ1) is 7.15. The minimum atomic E-state index is -0.857. The van der Waals surface area contributed by atoms with Gasteiger partial charge in [0.15, 0.2) is 4.75 Å². The summed E-state index contributed by atoms with van der Waals surface area (Å²) in [6, 6.07) is 3.39. The van der Waals surface area contributed by atoms with Crippen molar-refractivity contribution < 1.29 is 9.90 Å². The zero-order valence-corrected chi connectivity index (χ0v) is 9.51. The number of nitrogens with zero attached hydrogens (tertiary/aromatic N) is 1. The Morgan fingerprint density at radius 3 is 2.87 bits per heavy atom. The Hall–Kier alpha value is -0.740. The molecule has 80 valence electrons. The van der Waals surface area contributed by atoms with Crippen molar-refractivity contribution in [2.45, 2.75) is 17.6 Å².